The Balaban J connectivity index is 0.000000172. The third kappa shape index (κ3) is 6.14. The van der Waals surface area contributed by atoms with Crippen molar-refractivity contribution in [2.45, 2.75) is 8.55 Å². The maximum absolute atomic E-state index is 13.8. The number of rotatable bonds is 6. The molecular weight excluding hydrogens is 596 g/mol. The monoisotopic (exact) mass is 607 g/mol. The zero-order chi connectivity index (χ0) is 24.8. The summed E-state index contributed by atoms with van der Waals surface area (Å²) in [7, 11) is 0. The maximum Gasteiger partial charge on any atom is 0.220 e. The fraction of sp³-hybridized carbons (Fsp3) is 0. The molecule has 0 spiro atoms. The van der Waals surface area contributed by atoms with Gasteiger partial charge in [0.05, 0.1) is 17.7 Å². The molecule has 5 aromatic rings. The third-order valence-corrected chi connectivity index (χ3v) is 9.25. The molecule has 0 fully saturated rings. The third-order valence-electron chi connectivity index (χ3n) is 4.34. The quantitative estimate of drug-likeness (QED) is 0.144. The van der Waals surface area contributed by atoms with Crippen LogP contribution in [0.5, 0.6) is 0 Å². The van der Waals surface area contributed by atoms with Crippen LogP contribution in [0.25, 0.3) is 22.3 Å². The molecule has 5 nitrogen and oxygen atoms in total. The van der Waals surface area contributed by atoms with Crippen LogP contribution in [-0.4, -0.2) is 27.5 Å². The van der Waals surface area contributed by atoms with Crippen molar-refractivity contribution in [3.05, 3.63) is 85.8 Å². The van der Waals surface area contributed by atoms with Gasteiger partial charge in [-0.1, -0.05) is 0 Å². The van der Waals surface area contributed by atoms with Gasteiger partial charge in [0.1, 0.15) is 0 Å². The standard InChI is InChI=1S/C13H7FN2OS3.C10H5BrFNOS/c14-11-9(2-1-3-15-11)10-6-8(7-17)19-12(10)20-13-16-4-5-18-13;11-9-8(4-6(5-14)15-9)7-2-1-3-13-10(7)12/h1-7H;1-5H. The Kier molecular flexibility index (Phi) is 8.63. The highest BCUT2D eigenvalue weighted by Crippen LogP contribution is 2.42. The van der Waals surface area contributed by atoms with Crippen LogP contribution in [0, 0.1) is 11.9 Å². The highest BCUT2D eigenvalue weighted by atomic mass is 79.9. The van der Waals surface area contributed by atoms with Crippen molar-refractivity contribution in [3.8, 4) is 22.3 Å². The fourth-order valence-electron chi connectivity index (χ4n) is 2.86. The lowest BCUT2D eigenvalue weighted by molar-refractivity contribution is 0.111. The first-order valence-electron chi connectivity index (χ1n) is 9.62. The minimum atomic E-state index is -0.538. The number of thiazole rings is 1. The molecule has 0 atom stereocenters. The van der Waals surface area contributed by atoms with E-state index in [0.29, 0.717) is 32.0 Å². The van der Waals surface area contributed by atoms with Gasteiger partial charge in [0, 0.05) is 46.2 Å². The van der Waals surface area contributed by atoms with E-state index in [2.05, 4.69) is 30.9 Å². The topological polar surface area (TPSA) is 72.8 Å². The van der Waals surface area contributed by atoms with Gasteiger partial charge in [-0.25, -0.2) is 15.0 Å². The first-order valence-corrected chi connectivity index (χ1v) is 13.7. The number of aldehydes is 2. The van der Waals surface area contributed by atoms with E-state index < -0.39 is 11.9 Å². The van der Waals surface area contributed by atoms with E-state index in [1.807, 2.05) is 5.38 Å². The highest BCUT2D eigenvalue weighted by molar-refractivity contribution is 9.11. The van der Waals surface area contributed by atoms with Gasteiger partial charge >= 0.3 is 0 Å². The second-order valence-electron chi connectivity index (χ2n) is 6.51. The summed E-state index contributed by atoms with van der Waals surface area (Å²) in [5.41, 5.74) is 2.14. The van der Waals surface area contributed by atoms with Crippen LogP contribution in [0.3, 0.4) is 0 Å². The molecule has 0 radical (unpaired) electrons. The van der Waals surface area contributed by atoms with Crippen molar-refractivity contribution in [1.29, 1.82) is 0 Å². The fourth-order valence-corrected chi connectivity index (χ4v) is 7.54. The highest BCUT2D eigenvalue weighted by Gasteiger charge is 2.17. The normalized spacial score (nSPS) is 10.5. The van der Waals surface area contributed by atoms with Crippen molar-refractivity contribution in [3.63, 3.8) is 0 Å². The SMILES string of the molecule is O=Cc1cc(-c2cccnc2F)c(Br)s1.O=Cc1cc(-c2cccnc2F)c(Sc2nccs2)s1. The Morgan fingerprint density at radius 3 is 1.94 bits per heavy atom. The van der Waals surface area contributed by atoms with Crippen LogP contribution in [0.1, 0.15) is 19.3 Å². The molecule has 0 N–H and O–H groups in total. The molecule has 0 amide bonds. The zero-order valence-corrected chi connectivity index (χ0v) is 22.2. The largest absolute Gasteiger partial charge is 0.297 e. The number of aromatic nitrogens is 3. The summed E-state index contributed by atoms with van der Waals surface area (Å²) in [6, 6.07) is 9.95. The molecule has 5 rings (SSSR count). The van der Waals surface area contributed by atoms with Gasteiger partial charge in [-0.2, -0.15) is 8.78 Å². The van der Waals surface area contributed by atoms with Crippen molar-refractivity contribution in [2.75, 3.05) is 0 Å². The van der Waals surface area contributed by atoms with Gasteiger partial charge in [-0.05, 0) is 64.1 Å². The summed E-state index contributed by atoms with van der Waals surface area (Å²) in [5, 5.41) is 1.88. The summed E-state index contributed by atoms with van der Waals surface area (Å²) < 4.78 is 29.6. The molecular formula is C23H12BrF2N3O2S4. The lowest BCUT2D eigenvalue weighted by Crippen LogP contribution is -1.87. The Morgan fingerprint density at radius 1 is 0.800 bits per heavy atom. The Labute approximate surface area is 223 Å². The number of hydrogen-bond acceptors (Lipinski definition) is 9. The number of halogens is 3. The van der Waals surface area contributed by atoms with Gasteiger partial charge in [0.15, 0.2) is 16.9 Å². The van der Waals surface area contributed by atoms with Crippen LogP contribution < -0.4 is 0 Å². The van der Waals surface area contributed by atoms with E-state index in [9.17, 15) is 18.4 Å². The summed E-state index contributed by atoms with van der Waals surface area (Å²) >= 11 is 8.83. The van der Waals surface area contributed by atoms with Crippen LogP contribution in [0.2, 0.25) is 0 Å². The van der Waals surface area contributed by atoms with E-state index in [1.165, 1.54) is 58.2 Å². The maximum atomic E-state index is 13.8. The van der Waals surface area contributed by atoms with Gasteiger partial charge < -0.3 is 0 Å². The minimum Gasteiger partial charge on any atom is -0.297 e. The lowest BCUT2D eigenvalue weighted by Gasteiger charge is -2.02. The molecule has 0 aliphatic carbocycles. The number of pyridine rings is 2. The number of carbonyl (C=O) groups is 2. The summed E-state index contributed by atoms with van der Waals surface area (Å²) in [6.07, 6.45) is 6.02. The molecule has 0 bridgehead atoms. The van der Waals surface area contributed by atoms with E-state index in [0.717, 1.165) is 24.9 Å². The van der Waals surface area contributed by atoms with E-state index in [1.54, 1.807) is 42.6 Å². The predicted octanol–water partition coefficient (Wildman–Crippen LogP) is 7.89. The number of thiophene rings is 2. The summed E-state index contributed by atoms with van der Waals surface area (Å²) in [4.78, 5) is 34.1. The van der Waals surface area contributed by atoms with Gasteiger partial charge in [0.25, 0.3) is 0 Å². The van der Waals surface area contributed by atoms with Crippen LogP contribution in [-0.2, 0) is 0 Å². The minimum absolute atomic E-state index is 0.397. The Morgan fingerprint density at radius 2 is 1.40 bits per heavy atom. The number of hydrogen-bond donors (Lipinski definition) is 0. The second kappa shape index (κ2) is 11.9. The van der Waals surface area contributed by atoms with E-state index in [4.69, 9.17) is 0 Å². The molecule has 0 aliphatic heterocycles. The molecule has 12 heteroatoms. The molecule has 0 unspecified atom stereocenters. The molecule has 0 saturated carbocycles. The molecule has 0 aliphatic rings. The number of carbonyl (C=O) groups excluding carboxylic acids is 2. The summed E-state index contributed by atoms with van der Waals surface area (Å²) in [5.74, 6) is -1.07. The van der Waals surface area contributed by atoms with Gasteiger partial charge in [-0.15, -0.1) is 34.0 Å². The van der Waals surface area contributed by atoms with Crippen molar-refractivity contribution < 1.29 is 18.4 Å². The van der Waals surface area contributed by atoms with E-state index >= 15 is 0 Å². The van der Waals surface area contributed by atoms with Crippen LogP contribution >= 0.6 is 61.7 Å². The lowest BCUT2D eigenvalue weighted by atomic mass is 10.1. The Bertz CT molecular complexity index is 1470. The van der Waals surface area contributed by atoms with Crippen molar-refractivity contribution in [2.24, 2.45) is 0 Å². The Hall–Kier alpha value is -2.64. The van der Waals surface area contributed by atoms with Crippen LogP contribution in [0.15, 0.2) is 72.7 Å². The van der Waals surface area contributed by atoms with Crippen LogP contribution in [0.4, 0.5) is 8.78 Å². The second-order valence-corrected chi connectivity index (χ2v) is 12.4. The van der Waals surface area contributed by atoms with Crippen molar-refractivity contribution in [1.82, 2.24) is 15.0 Å². The first kappa shape index (κ1) is 25.5. The average Bonchev–Trinajstić information content (AvgIpc) is 3.61. The average molecular weight is 609 g/mol. The summed E-state index contributed by atoms with van der Waals surface area (Å²) in [6.45, 7) is 0. The van der Waals surface area contributed by atoms with Gasteiger partial charge in [-0.3, -0.25) is 9.59 Å². The predicted molar refractivity (Wildman–Crippen MR) is 140 cm³/mol. The van der Waals surface area contributed by atoms with Crippen molar-refractivity contribution >= 4 is 74.3 Å². The molecule has 5 aromatic heterocycles. The number of nitrogens with zero attached hydrogens (tertiary/aromatic N) is 3. The molecule has 5 heterocycles. The molecule has 35 heavy (non-hydrogen) atoms. The molecule has 176 valence electrons. The first-order chi connectivity index (χ1) is 17.0. The zero-order valence-electron chi connectivity index (χ0n) is 17.4. The smallest absolute Gasteiger partial charge is 0.220 e. The van der Waals surface area contributed by atoms with Gasteiger partial charge in [0.2, 0.25) is 11.9 Å². The van der Waals surface area contributed by atoms with E-state index in [-0.39, 0.29) is 0 Å². The molecule has 0 aromatic carbocycles. The molecule has 0 saturated heterocycles.